The van der Waals surface area contributed by atoms with Crippen LogP contribution in [0.15, 0.2) is 24.3 Å². The van der Waals surface area contributed by atoms with Crippen LogP contribution in [0.4, 0.5) is 4.79 Å². The predicted molar refractivity (Wildman–Crippen MR) is 83.2 cm³/mol. The maximum absolute atomic E-state index is 12.4. The van der Waals surface area contributed by atoms with E-state index >= 15 is 0 Å². The van der Waals surface area contributed by atoms with Gasteiger partial charge >= 0.3 is 6.09 Å². The molecular weight excluding hydrogens is 282 g/mol. The highest BCUT2D eigenvalue weighted by Crippen LogP contribution is 2.32. The number of Topliss-reactive ketones (excluding diaryl/α,β-unsaturated/α-hetero) is 1. The lowest BCUT2D eigenvalue weighted by Crippen LogP contribution is -2.45. The molecule has 0 aliphatic carbocycles. The van der Waals surface area contributed by atoms with Crippen LogP contribution in [0.25, 0.3) is 0 Å². The van der Waals surface area contributed by atoms with Crippen LogP contribution >= 0.6 is 0 Å². The largest absolute Gasteiger partial charge is 0.496 e. The molecule has 1 atom stereocenters. The highest BCUT2D eigenvalue weighted by atomic mass is 16.6. The Morgan fingerprint density at radius 1 is 1.27 bits per heavy atom. The molecule has 0 spiro atoms. The molecule has 5 heteroatoms. The molecule has 22 heavy (non-hydrogen) atoms. The Balaban J connectivity index is 2.07. The number of carbonyl (C=O) groups is 2. The average Bonchev–Trinajstić information content (AvgIpc) is 2.45. The first-order valence-electron chi connectivity index (χ1n) is 7.45. The summed E-state index contributed by atoms with van der Waals surface area (Å²) in [7, 11) is 1.60. The van der Waals surface area contributed by atoms with E-state index in [1.807, 2.05) is 45.0 Å². The number of methoxy groups -OCH3 is 1. The molecule has 120 valence electrons. The van der Waals surface area contributed by atoms with E-state index in [1.165, 1.54) is 4.90 Å². The van der Waals surface area contributed by atoms with E-state index in [0.29, 0.717) is 18.7 Å². The van der Waals surface area contributed by atoms with Crippen LogP contribution in [0.3, 0.4) is 0 Å². The van der Waals surface area contributed by atoms with Crippen LogP contribution in [0, 0.1) is 0 Å². The quantitative estimate of drug-likeness (QED) is 0.843. The van der Waals surface area contributed by atoms with E-state index in [2.05, 4.69) is 0 Å². The van der Waals surface area contributed by atoms with Crippen molar-refractivity contribution in [3.8, 4) is 5.75 Å². The minimum Gasteiger partial charge on any atom is -0.496 e. The molecular formula is C17H23NO4. The molecule has 1 saturated heterocycles. The van der Waals surface area contributed by atoms with Crippen LogP contribution in [-0.2, 0) is 9.53 Å². The van der Waals surface area contributed by atoms with Crippen molar-refractivity contribution >= 4 is 11.9 Å². The van der Waals surface area contributed by atoms with Gasteiger partial charge in [0.25, 0.3) is 0 Å². The van der Waals surface area contributed by atoms with Gasteiger partial charge in [-0.1, -0.05) is 18.2 Å². The fourth-order valence-corrected chi connectivity index (χ4v) is 2.59. The number of piperidine rings is 1. The molecule has 1 aliphatic rings. The third-order valence-electron chi connectivity index (χ3n) is 3.59. The second-order valence-corrected chi connectivity index (χ2v) is 6.45. The van der Waals surface area contributed by atoms with Crippen LogP contribution in [0.2, 0.25) is 0 Å². The third-order valence-corrected chi connectivity index (χ3v) is 3.59. The molecule has 1 amide bonds. The van der Waals surface area contributed by atoms with Gasteiger partial charge in [-0.25, -0.2) is 4.79 Å². The maximum Gasteiger partial charge on any atom is 0.410 e. The van der Waals surface area contributed by atoms with Crippen LogP contribution in [0.1, 0.15) is 38.7 Å². The number of nitrogens with zero attached hydrogens (tertiary/aromatic N) is 1. The second-order valence-electron chi connectivity index (χ2n) is 6.45. The molecule has 5 nitrogen and oxygen atoms in total. The number of carbonyl (C=O) groups excluding carboxylic acids is 2. The molecule has 0 radical (unpaired) electrons. The van der Waals surface area contributed by atoms with Crippen molar-refractivity contribution in [3.05, 3.63) is 29.8 Å². The molecule has 1 aromatic carbocycles. The molecule has 1 aliphatic heterocycles. The molecule has 1 aromatic rings. The highest BCUT2D eigenvalue weighted by molar-refractivity contribution is 5.91. The number of likely N-dealkylation sites (tertiary alicyclic amines) is 1. The molecule has 1 unspecified atom stereocenters. The molecule has 0 saturated carbocycles. The number of rotatable bonds is 2. The first-order valence-corrected chi connectivity index (χ1v) is 7.45. The molecule has 0 bridgehead atoms. The first-order chi connectivity index (χ1) is 10.3. The van der Waals surface area contributed by atoms with Crippen molar-refractivity contribution in [2.45, 2.75) is 38.7 Å². The van der Waals surface area contributed by atoms with Crippen molar-refractivity contribution < 1.29 is 19.1 Å². The molecule has 0 N–H and O–H groups in total. The van der Waals surface area contributed by atoms with Gasteiger partial charge in [0.05, 0.1) is 13.7 Å². The number of hydrogen-bond donors (Lipinski definition) is 0. The van der Waals surface area contributed by atoms with Crippen molar-refractivity contribution in [1.82, 2.24) is 4.90 Å². The first kappa shape index (κ1) is 16.3. The van der Waals surface area contributed by atoms with E-state index in [9.17, 15) is 9.59 Å². The van der Waals surface area contributed by atoms with Gasteiger partial charge < -0.3 is 14.4 Å². The minimum absolute atomic E-state index is 0.0154. The lowest BCUT2D eigenvalue weighted by Gasteiger charge is -2.33. The monoisotopic (exact) mass is 305 g/mol. The summed E-state index contributed by atoms with van der Waals surface area (Å²) in [5.74, 6) is 0.503. The fraction of sp³-hybridized carbons (Fsp3) is 0.529. The van der Waals surface area contributed by atoms with Gasteiger partial charge in [-0.2, -0.15) is 0 Å². The number of hydrogen-bond acceptors (Lipinski definition) is 4. The van der Waals surface area contributed by atoms with Gasteiger partial charge in [0.15, 0.2) is 5.78 Å². The molecule has 1 fully saturated rings. The van der Waals surface area contributed by atoms with E-state index in [4.69, 9.17) is 9.47 Å². The number of ether oxygens (including phenoxy) is 2. The van der Waals surface area contributed by atoms with Gasteiger partial charge in [-0.05, 0) is 33.3 Å². The Hall–Kier alpha value is -2.04. The van der Waals surface area contributed by atoms with Crippen molar-refractivity contribution in [1.29, 1.82) is 0 Å². The Morgan fingerprint density at radius 2 is 1.95 bits per heavy atom. The van der Waals surface area contributed by atoms with Gasteiger partial charge in [-0.3, -0.25) is 4.79 Å². The van der Waals surface area contributed by atoms with Crippen LogP contribution < -0.4 is 4.74 Å². The SMILES string of the molecule is COc1ccccc1C1CCN(C(=O)OC(C)(C)C)CC1=O. The Kier molecular flexibility index (Phi) is 4.74. The summed E-state index contributed by atoms with van der Waals surface area (Å²) in [5.41, 5.74) is 0.332. The average molecular weight is 305 g/mol. The predicted octanol–water partition coefficient (Wildman–Crippen LogP) is 2.99. The summed E-state index contributed by atoms with van der Waals surface area (Å²) in [5, 5.41) is 0. The smallest absolute Gasteiger partial charge is 0.410 e. The molecule has 0 aromatic heterocycles. The summed E-state index contributed by atoms with van der Waals surface area (Å²) < 4.78 is 10.7. The summed E-state index contributed by atoms with van der Waals surface area (Å²) in [6.07, 6.45) is 0.151. The fourth-order valence-electron chi connectivity index (χ4n) is 2.59. The standard InChI is InChI=1S/C17H23NO4/c1-17(2,3)22-16(20)18-10-9-12(14(19)11-18)13-7-5-6-8-15(13)21-4/h5-8,12H,9-11H2,1-4H3. The van der Waals surface area contributed by atoms with E-state index in [-0.39, 0.29) is 18.2 Å². The Labute approximate surface area is 131 Å². The highest BCUT2D eigenvalue weighted by Gasteiger charge is 2.33. The summed E-state index contributed by atoms with van der Waals surface area (Å²) in [6, 6.07) is 7.53. The topological polar surface area (TPSA) is 55.8 Å². The van der Waals surface area contributed by atoms with Gasteiger partial charge in [0.1, 0.15) is 11.4 Å². The minimum atomic E-state index is -0.556. The van der Waals surface area contributed by atoms with Gasteiger partial charge in [0.2, 0.25) is 0 Å². The zero-order chi connectivity index (χ0) is 16.3. The van der Waals surface area contributed by atoms with Crippen molar-refractivity contribution in [3.63, 3.8) is 0 Å². The summed E-state index contributed by atoms with van der Waals surface area (Å²) in [4.78, 5) is 26.0. The van der Waals surface area contributed by atoms with Crippen LogP contribution in [-0.4, -0.2) is 42.6 Å². The normalized spacial score (nSPS) is 19.0. The van der Waals surface area contributed by atoms with E-state index in [1.54, 1.807) is 7.11 Å². The summed E-state index contributed by atoms with van der Waals surface area (Å²) >= 11 is 0. The number of ketones is 1. The van der Waals surface area contributed by atoms with E-state index < -0.39 is 11.7 Å². The van der Waals surface area contributed by atoms with E-state index in [0.717, 1.165) is 5.56 Å². The second kappa shape index (κ2) is 6.38. The Bertz CT molecular complexity index is 562. The van der Waals surface area contributed by atoms with Crippen molar-refractivity contribution in [2.24, 2.45) is 0 Å². The lowest BCUT2D eigenvalue weighted by molar-refractivity contribution is -0.123. The molecule has 1 heterocycles. The Morgan fingerprint density at radius 3 is 2.55 bits per heavy atom. The molecule has 2 rings (SSSR count). The van der Waals surface area contributed by atoms with Gasteiger partial charge in [-0.15, -0.1) is 0 Å². The zero-order valence-corrected chi connectivity index (χ0v) is 13.6. The number of benzene rings is 1. The van der Waals surface area contributed by atoms with Gasteiger partial charge in [0, 0.05) is 18.0 Å². The maximum atomic E-state index is 12.4. The third kappa shape index (κ3) is 3.78. The number of para-hydroxylation sites is 1. The van der Waals surface area contributed by atoms with Crippen LogP contribution in [0.5, 0.6) is 5.75 Å². The van der Waals surface area contributed by atoms with Crippen molar-refractivity contribution in [2.75, 3.05) is 20.2 Å². The zero-order valence-electron chi connectivity index (χ0n) is 13.6. The lowest BCUT2D eigenvalue weighted by atomic mass is 9.88. The number of amides is 1. The summed E-state index contributed by atoms with van der Waals surface area (Å²) in [6.45, 7) is 6.03.